The zero-order valence-electron chi connectivity index (χ0n) is 17.3. The molecular formula is C24H23F2N3O3. The number of halogens is 2. The Labute approximate surface area is 183 Å². The van der Waals surface area contributed by atoms with Gasteiger partial charge in [-0.1, -0.05) is 30.7 Å². The third-order valence-electron chi connectivity index (χ3n) is 5.89. The lowest BCUT2D eigenvalue weighted by molar-refractivity contribution is -0.0609. The Kier molecular flexibility index (Phi) is 5.78. The van der Waals surface area contributed by atoms with Crippen molar-refractivity contribution in [1.29, 1.82) is 0 Å². The number of rotatable bonds is 5. The number of hydrogen-bond acceptors (Lipinski definition) is 3. The highest BCUT2D eigenvalue weighted by molar-refractivity contribution is 5.97. The first kappa shape index (κ1) is 21.7. The van der Waals surface area contributed by atoms with Gasteiger partial charge in [-0.3, -0.25) is 14.4 Å². The van der Waals surface area contributed by atoms with Crippen LogP contribution in [0.1, 0.15) is 52.0 Å². The van der Waals surface area contributed by atoms with Crippen LogP contribution in [0.25, 0.3) is 10.9 Å². The maximum atomic E-state index is 14.2. The van der Waals surface area contributed by atoms with Crippen molar-refractivity contribution in [3.8, 4) is 0 Å². The number of hydrogen-bond donors (Lipinski definition) is 2. The molecule has 1 atom stereocenters. The van der Waals surface area contributed by atoms with Gasteiger partial charge in [-0.25, -0.2) is 8.78 Å². The van der Waals surface area contributed by atoms with E-state index in [9.17, 15) is 23.2 Å². The minimum atomic E-state index is -2.99. The van der Waals surface area contributed by atoms with Crippen LogP contribution in [-0.2, 0) is 6.54 Å². The molecule has 4 rings (SSSR count). The molecule has 0 aliphatic heterocycles. The number of alkyl halides is 2. The molecule has 166 valence electrons. The van der Waals surface area contributed by atoms with Crippen LogP contribution in [0.2, 0.25) is 0 Å². The topological polar surface area (TPSA) is 94.2 Å². The second kappa shape index (κ2) is 8.53. The van der Waals surface area contributed by atoms with Crippen molar-refractivity contribution in [2.75, 3.05) is 0 Å². The van der Waals surface area contributed by atoms with E-state index in [-0.39, 0.29) is 18.4 Å². The number of benzene rings is 2. The second-order valence-corrected chi connectivity index (χ2v) is 8.11. The number of para-hydroxylation sites is 1. The van der Waals surface area contributed by atoms with Gasteiger partial charge in [0.05, 0.1) is 11.6 Å². The molecule has 2 amide bonds. The van der Waals surface area contributed by atoms with Crippen LogP contribution >= 0.6 is 0 Å². The monoisotopic (exact) mass is 439 g/mol. The maximum Gasteiger partial charge on any atom is 0.267 e. The zero-order chi connectivity index (χ0) is 22.9. The largest absolute Gasteiger partial charge is 0.366 e. The normalized spacial score (nSPS) is 17.8. The maximum absolute atomic E-state index is 14.2. The number of nitrogens with one attached hydrogen (secondary N) is 1. The first-order valence-electron chi connectivity index (χ1n) is 10.5. The summed E-state index contributed by atoms with van der Waals surface area (Å²) < 4.78 is 30.2. The fourth-order valence-electron chi connectivity index (χ4n) is 4.12. The van der Waals surface area contributed by atoms with Gasteiger partial charge in [0.2, 0.25) is 11.3 Å². The van der Waals surface area contributed by atoms with Crippen molar-refractivity contribution >= 4 is 22.7 Å². The smallest absolute Gasteiger partial charge is 0.267 e. The highest BCUT2D eigenvalue weighted by Crippen LogP contribution is 2.33. The SMILES string of the molecule is NC(=O)c1ccc(Cn2cc(C(=O)NC3CCCCC3(F)F)c(=O)c3ccccc32)cc1. The fourth-order valence-corrected chi connectivity index (χ4v) is 4.12. The highest BCUT2D eigenvalue weighted by Gasteiger charge is 2.42. The number of primary amides is 1. The van der Waals surface area contributed by atoms with E-state index in [1.54, 1.807) is 53.1 Å². The van der Waals surface area contributed by atoms with E-state index in [0.717, 1.165) is 5.56 Å². The van der Waals surface area contributed by atoms with Crippen molar-refractivity contribution in [1.82, 2.24) is 9.88 Å². The molecular weight excluding hydrogens is 416 g/mol. The van der Waals surface area contributed by atoms with Crippen LogP contribution in [0.4, 0.5) is 8.78 Å². The summed E-state index contributed by atoms with van der Waals surface area (Å²) in [6.07, 6.45) is 2.32. The van der Waals surface area contributed by atoms with E-state index in [1.807, 2.05) is 0 Å². The Morgan fingerprint density at radius 1 is 1.09 bits per heavy atom. The number of carbonyl (C=O) groups is 2. The molecule has 1 aromatic heterocycles. The quantitative estimate of drug-likeness (QED) is 0.638. The second-order valence-electron chi connectivity index (χ2n) is 8.11. The van der Waals surface area contributed by atoms with Crippen molar-refractivity contribution in [2.24, 2.45) is 5.73 Å². The van der Waals surface area contributed by atoms with Crippen LogP contribution < -0.4 is 16.5 Å². The number of fused-ring (bicyclic) bond motifs is 1. The van der Waals surface area contributed by atoms with Crippen LogP contribution in [0.5, 0.6) is 0 Å². The Morgan fingerprint density at radius 3 is 2.50 bits per heavy atom. The number of pyridine rings is 1. The van der Waals surface area contributed by atoms with Crippen LogP contribution in [0, 0.1) is 0 Å². The zero-order valence-corrected chi connectivity index (χ0v) is 17.3. The molecule has 0 bridgehead atoms. The number of nitrogens with two attached hydrogens (primary N) is 1. The first-order chi connectivity index (χ1) is 15.3. The van der Waals surface area contributed by atoms with Gasteiger partial charge < -0.3 is 15.6 Å². The standard InChI is InChI=1S/C24H23F2N3O3/c25-24(26)12-4-3-7-20(24)28-23(32)18-14-29(19-6-2-1-5-17(19)21(18)30)13-15-8-10-16(11-9-15)22(27)31/h1-2,5-6,8-11,14,20H,3-4,7,12-13H2,(H2,27,31)(H,28,32). The molecule has 1 fully saturated rings. The number of nitrogens with zero attached hydrogens (tertiary/aromatic N) is 1. The molecule has 2 aromatic carbocycles. The predicted molar refractivity (Wildman–Crippen MR) is 117 cm³/mol. The molecule has 1 heterocycles. The molecule has 3 aromatic rings. The molecule has 1 unspecified atom stereocenters. The van der Waals surface area contributed by atoms with Crippen molar-refractivity contribution < 1.29 is 18.4 Å². The summed E-state index contributed by atoms with van der Waals surface area (Å²) in [5.41, 5.74) is 6.38. The summed E-state index contributed by atoms with van der Waals surface area (Å²) in [6.45, 7) is 0.305. The van der Waals surface area contributed by atoms with Gasteiger partial charge in [0.15, 0.2) is 0 Å². The highest BCUT2D eigenvalue weighted by atomic mass is 19.3. The Hall–Kier alpha value is -3.55. The Balaban J connectivity index is 1.70. The van der Waals surface area contributed by atoms with Gasteiger partial charge in [-0.15, -0.1) is 0 Å². The summed E-state index contributed by atoms with van der Waals surface area (Å²) in [4.78, 5) is 37.2. The third-order valence-corrected chi connectivity index (χ3v) is 5.89. The van der Waals surface area contributed by atoms with Crippen LogP contribution in [0.3, 0.4) is 0 Å². The minimum Gasteiger partial charge on any atom is -0.366 e. The van der Waals surface area contributed by atoms with Crippen molar-refractivity contribution in [2.45, 2.75) is 44.2 Å². The van der Waals surface area contributed by atoms with E-state index < -0.39 is 29.2 Å². The first-order valence-corrected chi connectivity index (χ1v) is 10.5. The van der Waals surface area contributed by atoms with Gasteiger partial charge in [0.1, 0.15) is 5.56 Å². The average Bonchev–Trinajstić information content (AvgIpc) is 2.77. The lowest BCUT2D eigenvalue weighted by Gasteiger charge is -2.31. The van der Waals surface area contributed by atoms with Gasteiger partial charge >= 0.3 is 0 Å². The van der Waals surface area contributed by atoms with E-state index >= 15 is 0 Å². The van der Waals surface area contributed by atoms with Crippen molar-refractivity contribution in [3.63, 3.8) is 0 Å². The van der Waals surface area contributed by atoms with Gasteiger partial charge in [0.25, 0.3) is 11.8 Å². The fraction of sp³-hybridized carbons (Fsp3) is 0.292. The summed E-state index contributed by atoms with van der Waals surface area (Å²) in [5.74, 6) is -4.33. The van der Waals surface area contributed by atoms with Crippen LogP contribution in [-0.4, -0.2) is 28.3 Å². The van der Waals surface area contributed by atoms with E-state index in [2.05, 4.69) is 5.32 Å². The number of amides is 2. The summed E-state index contributed by atoms with van der Waals surface area (Å²) in [5, 5.41) is 2.71. The molecule has 32 heavy (non-hydrogen) atoms. The van der Waals surface area contributed by atoms with Crippen LogP contribution in [0.15, 0.2) is 59.5 Å². The van der Waals surface area contributed by atoms with Gasteiger partial charge in [-0.2, -0.15) is 0 Å². The van der Waals surface area contributed by atoms with E-state index in [4.69, 9.17) is 5.73 Å². The summed E-state index contributed by atoms with van der Waals surface area (Å²) in [6, 6.07) is 12.2. The predicted octanol–water partition coefficient (Wildman–Crippen LogP) is 3.46. The molecule has 1 saturated carbocycles. The van der Waals surface area contributed by atoms with E-state index in [1.165, 1.54) is 6.20 Å². The molecule has 8 heteroatoms. The molecule has 0 radical (unpaired) electrons. The molecule has 0 saturated heterocycles. The molecule has 0 spiro atoms. The Bertz CT molecular complexity index is 1240. The molecule has 1 aliphatic carbocycles. The minimum absolute atomic E-state index is 0.173. The van der Waals surface area contributed by atoms with Gasteiger partial charge in [-0.05, 0) is 42.7 Å². The molecule has 1 aliphatic rings. The molecule has 3 N–H and O–H groups in total. The summed E-state index contributed by atoms with van der Waals surface area (Å²) >= 11 is 0. The van der Waals surface area contributed by atoms with Crippen molar-refractivity contribution in [3.05, 3.63) is 81.6 Å². The third kappa shape index (κ3) is 4.26. The van der Waals surface area contributed by atoms with Gasteiger partial charge in [0, 0.05) is 30.1 Å². The van der Waals surface area contributed by atoms with E-state index in [0.29, 0.717) is 35.9 Å². The lowest BCUT2D eigenvalue weighted by atomic mass is 9.91. The Morgan fingerprint density at radius 2 is 1.81 bits per heavy atom. The lowest BCUT2D eigenvalue weighted by Crippen LogP contribution is -2.50. The summed E-state index contributed by atoms with van der Waals surface area (Å²) in [7, 11) is 0. The number of aromatic nitrogens is 1. The average molecular weight is 439 g/mol. The molecule has 6 nitrogen and oxygen atoms in total. The number of carbonyl (C=O) groups excluding carboxylic acids is 2.